The second-order valence-electron chi connectivity index (χ2n) is 11.1. The van der Waals surface area contributed by atoms with E-state index in [1.807, 2.05) is 18.2 Å². The van der Waals surface area contributed by atoms with E-state index in [1.165, 1.54) is 89.2 Å². The third-order valence-electron chi connectivity index (χ3n) is 7.45. The minimum atomic E-state index is -4.48. The third-order valence-corrected chi connectivity index (χ3v) is 7.45. The standard InChI is InChI=1S/C36H51F3O3/c1-3-5-7-9-11-13-15-17-24-41-34-23-22-30(27-35(34)42-25-18-16-14-12-10-8-6-4-2)26-32(29-40)31-20-19-21-33(28-31)36(37,38)39/h19-23,26-29H,3-18,24-25H2,1-2H3/b32-26+. The van der Waals surface area contributed by atoms with Gasteiger partial charge in [-0.1, -0.05) is 122 Å². The summed E-state index contributed by atoms with van der Waals surface area (Å²) in [5.74, 6) is 1.25. The van der Waals surface area contributed by atoms with Gasteiger partial charge in [0.15, 0.2) is 17.8 Å². The fourth-order valence-corrected chi connectivity index (χ4v) is 4.92. The molecule has 3 nitrogen and oxygen atoms in total. The van der Waals surface area contributed by atoms with E-state index in [0.29, 0.717) is 36.6 Å². The van der Waals surface area contributed by atoms with E-state index in [-0.39, 0.29) is 11.1 Å². The van der Waals surface area contributed by atoms with Crippen LogP contribution in [0.15, 0.2) is 42.5 Å². The van der Waals surface area contributed by atoms with Gasteiger partial charge in [0.25, 0.3) is 0 Å². The van der Waals surface area contributed by atoms with Crippen LogP contribution in [0.5, 0.6) is 11.5 Å². The Kier molecular flexibility index (Phi) is 17.7. The van der Waals surface area contributed by atoms with Gasteiger partial charge >= 0.3 is 6.18 Å². The van der Waals surface area contributed by atoms with Gasteiger partial charge in [-0.05, 0) is 54.3 Å². The van der Waals surface area contributed by atoms with E-state index in [0.717, 1.165) is 37.8 Å². The highest BCUT2D eigenvalue weighted by Crippen LogP contribution is 2.33. The molecule has 0 spiro atoms. The molecule has 42 heavy (non-hydrogen) atoms. The molecule has 0 fully saturated rings. The van der Waals surface area contributed by atoms with Crippen LogP contribution in [0.2, 0.25) is 0 Å². The first-order valence-electron chi connectivity index (χ1n) is 16.1. The smallest absolute Gasteiger partial charge is 0.416 e. The van der Waals surface area contributed by atoms with Crippen molar-refractivity contribution in [3.8, 4) is 11.5 Å². The van der Waals surface area contributed by atoms with Crippen molar-refractivity contribution in [2.24, 2.45) is 0 Å². The second-order valence-corrected chi connectivity index (χ2v) is 11.1. The van der Waals surface area contributed by atoms with E-state index >= 15 is 0 Å². The molecule has 0 aliphatic heterocycles. The summed E-state index contributed by atoms with van der Waals surface area (Å²) in [7, 11) is 0. The highest BCUT2D eigenvalue weighted by Gasteiger charge is 2.30. The van der Waals surface area contributed by atoms with Crippen molar-refractivity contribution in [2.45, 2.75) is 123 Å². The molecule has 0 aromatic heterocycles. The van der Waals surface area contributed by atoms with Gasteiger partial charge in [0.1, 0.15) is 0 Å². The highest BCUT2D eigenvalue weighted by atomic mass is 19.4. The summed E-state index contributed by atoms with van der Waals surface area (Å²) < 4.78 is 51.9. The van der Waals surface area contributed by atoms with Crippen molar-refractivity contribution in [1.29, 1.82) is 0 Å². The van der Waals surface area contributed by atoms with Crippen LogP contribution in [0.4, 0.5) is 13.2 Å². The van der Waals surface area contributed by atoms with Crippen molar-refractivity contribution in [3.05, 3.63) is 59.2 Å². The number of hydrogen-bond donors (Lipinski definition) is 0. The molecule has 0 heterocycles. The molecule has 234 valence electrons. The molecule has 2 aromatic carbocycles. The number of hydrogen-bond acceptors (Lipinski definition) is 3. The number of carbonyl (C=O) groups is 1. The van der Waals surface area contributed by atoms with E-state index in [9.17, 15) is 18.0 Å². The molecule has 0 saturated carbocycles. The number of alkyl halides is 3. The molecule has 2 rings (SSSR count). The van der Waals surface area contributed by atoms with Crippen LogP contribution in [0.3, 0.4) is 0 Å². The molecular formula is C36H51F3O3. The van der Waals surface area contributed by atoms with Crippen molar-refractivity contribution in [2.75, 3.05) is 13.2 Å². The summed E-state index contributed by atoms with van der Waals surface area (Å²) in [6.45, 7) is 5.61. The van der Waals surface area contributed by atoms with Crippen LogP contribution >= 0.6 is 0 Å². The summed E-state index contributed by atoms with van der Waals surface area (Å²) in [4.78, 5) is 11.9. The summed E-state index contributed by atoms with van der Waals surface area (Å²) in [6, 6.07) is 10.3. The molecular weight excluding hydrogens is 537 g/mol. The first-order chi connectivity index (χ1) is 20.4. The maximum Gasteiger partial charge on any atom is 0.416 e. The van der Waals surface area contributed by atoms with Gasteiger partial charge in [0, 0.05) is 5.57 Å². The summed E-state index contributed by atoms with van der Waals surface area (Å²) in [5, 5.41) is 0. The maximum absolute atomic E-state index is 13.2. The quantitative estimate of drug-likeness (QED) is 0.0560. The lowest BCUT2D eigenvalue weighted by molar-refractivity contribution is -0.137. The zero-order valence-corrected chi connectivity index (χ0v) is 25.8. The predicted octanol–water partition coefficient (Wildman–Crippen LogP) is 11.5. The van der Waals surface area contributed by atoms with E-state index < -0.39 is 11.7 Å². The predicted molar refractivity (Wildman–Crippen MR) is 168 cm³/mol. The van der Waals surface area contributed by atoms with E-state index in [1.54, 1.807) is 6.08 Å². The Morgan fingerprint density at radius 2 is 1.19 bits per heavy atom. The number of rotatable bonds is 23. The average molecular weight is 589 g/mol. The summed E-state index contributed by atoms with van der Waals surface area (Å²) >= 11 is 0. The van der Waals surface area contributed by atoms with Crippen molar-refractivity contribution >= 4 is 17.9 Å². The van der Waals surface area contributed by atoms with Crippen molar-refractivity contribution in [1.82, 2.24) is 0 Å². The minimum absolute atomic E-state index is 0.169. The molecule has 0 amide bonds. The lowest BCUT2D eigenvalue weighted by atomic mass is 10.0. The van der Waals surface area contributed by atoms with E-state index in [2.05, 4.69) is 13.8 Å². The van der Waals surface area contributed by atoms with Gasteiger partial charge in [-0.2, -0.15) is 13.2 Å². The first-order valence-corrected chi connectivity index (χ1v) is 16.1. The Bertz CT molecular complexity index is 1050. The molecule has 0 N–H and O–H groups in total. The van der Waals surface area contributed by atoms with Crippen LogP contribution in [0.1, 0.15) is 133 Å². The van der Waals surface area contributed by atoms with Crippen LogP contribution in [0, 0.1) is 0 Å². The Morgan fingerprint density at radius 1 is 0.667 bits per heavy atom. The Morgan fingerprint density at radius 3 is 1.71 bits per heavy atom. The number of carbonyl (C=O) groups excluding carboxylic acids is 1. The number of benzene rings is 2. The molecule has 2 aromatic rings. The SMILES string of the molecule is CCCCCCCCCCOc1ccc(/C=C(\C=O)c2cccc(C(F)(F)F)c2)cc1OCCCCCCCCCC. The lowest BCUT2D eigenvalue weighted by Crippen LogP contribution is -2.05. The van der Waals surface area contributed by atoms with Crippen LogP contribution in [-0.4, -0.2) is 19.5 Å². The average Bonchev–Trinajstić information content (AvgIpc) is 2.98. The monoisotopic (exact) mass is 588 g/mol. The molecule has 6 heteroatoms. The number of aldehydes is 1. The van der Waals surface area contributed by atoms with Crippen LogP contribution in [0.25, 0.3) is 11.6 Å². The summed E-state index contributed by atoms with van der Waals surface area (Å²) in [6.07, 6.45) is 17.1. The molecule has 0 bridgehead atoms. The molecule has 0 unspecified atom stereocenters. The van der Waals surface area contributed by atoms with Crippen molar-refractivity contribution in [3.63, 3.8) is 0 Å². The number of halogens is 3. The Labute approximate surface area is 251 Å². The van der Waals surface area contributed by atoms with Gasteiger partial charge in [-0.3, -0.25) is 4.79 Å². The topological polar surface area (TPSA) is 35.5 Å². The second kappa shape index (κ2) is 21.0. The normalized spacial score (nSPS) is 12.0. The largest absolute Gasteiger partial charge is 0.490 e. The van der Waals surface area contributed by atoms with Crippen LogP contribution < -0.4 is 9.47 Å². The van der Waals surface area contributed by atoms with Gasteiger partial charge in [0.2, 0.25) is 0 Å². The maximum atomic E-state index is 13.2. The third kappa shape index (κ3) is 14.4. The first kappa shape index (κ1) is 35.4. The van der Waals surface area contributed by atoms with Gasteiger partial charge in [-0.25, -0.2) is 0 Å². The minimum Gasteiger partial charge on any atom is -0.490 e. The number of ether oxygens (including phenoxy) is 2. The number of allylic oxidation sites excluding steroid dienone is 1. The fraction of sp³-hybridized carbons (Fsp3) is 0.583. The fourth-order valence-electron chi connectivity index (χ4n) is 4.92. The molecule has 0 atom stereocenters. The van der Waals surface area contributed by atoms with Gasteiger partial charge in [-0.15, -0.1) is 0 Å². The van der Waals surface area contributed by atoms with Crippen LogP contribution in [-0.2, 0) is 11.0 Å². The van der Waals surface area contributed by atoms with Gasteiger partial charge < -0.3 is 9.47 Å². The Hall–Kier alpha value is -2.76. The summed E-state index contributed by atoms with van der Waals surface area (Å²) in [5.41, 5.74) is 0.269. The molecule has 0 radical (unpaired) electrons. The zero-order chi connectivity index (χ0) is 30.5. The lowest BCUT2D eigenvalue weighted by Gasteiger charge is -2.14. The van der Waals surface area contributed by atoms with E-state index in [4.69, 9.17) is 9.47 Å². The van der Waals surface area contributed by atoms with Gasteiger partial charge in [0.05, 0.1) is 18.8 Å². The number of unbranched alkanes of at least 4 members (excludes halogenated alkanes) is 14. The Balaban J connectivity index is 2.04. The van der Waals surface area contributed by atoms with Crippen molar-refractivity contribution < 1.29 is 27.4 Å². The zero-order valence-electron chi connectivity index (χ0n) is 25.8. The molecule has 0 aliphatic carbocycles. The highest BCUT2D eigenvalue weighted by molar-refractivity contribution is 6.13. The molecule has 0 saturated heterocycles. The molecule has 0 aliphatic rings.